The first-order valence-electron chi connectivity index (χ1n) is 6.84. The quantitative estimate of drug-likeness (QED) is 0.666. The number of ketones is 1. The Morgan fingerprint density at radius 1 is 1.42 bits per heavy atom. The second-order valence-corrected chi connectivity index (χ2v) is 5.15. The molecule has 0 spiro atoms. The monoisotopic (exact) mass is 266 g/mol. The molecular weight excluding hydrogens is 243 g/mol. The lowest BCUT2D eigenvalue weighted by molar-refractivity contribution is -0.136. The number of nitrogens with one attached hydrogen (secondary N) is 1. The van der Waals surface area contributed by atoms with Gasteiger partial charge in [0.25, 0.3) is 0 Å². The van der Waals surface area contributed by atoms with E-state index in [0.717, 1.165) is 0 Å². The van der Waals surface area contributed by atoms with E-state index in [1.165, 1.54) is 0 Å². The van der Waals surface area contributed by atoms with Crippen molar-refractivity contribution in [2.45, 2.75) is 51.6 Å². The molecule has 1 aliphatic rings. The van der Waals surface area contributed by atoms with E-state index in [-0.39, 0.29) is 36.6 Å². The van der Waals surface area contributed by atoms with Crippen LogP contribution in [0.3, 0.4) is 0 Å². The summed E-state index contributed by atoms with van der Waals surface area (Å²) in [6.07, 6.45) is 0.339. The number of hydrogen-bond donors (Lipinski definition) is 1. The van der Waals surface area contributed by atoms with Crippen LogP contribution in [-0.4, -0.2) is 62.3 Å². The van der Waals surface area contributed by atoms with Crippen molar-refractivity contribution in [3.63, 3.8) is 0 Å². The van der Waals surface area contributed by atoms with Gasteiger partial charge in [-0.15, -0.1) is 0 Å². The Labute approximate surface area is 116 Å². The van der Waals surface area contributed by atoms with E-state index in [2.05, 4.69) is 5.32 Å². The number of carbonyl (C=O) groups excluding carboxylic acids is 2. The molecule has 2 unspecified atom stereocenters. The number of carbonyl (C=O) groups is 2. The van der Waals surface area contributed by atoms with E-state index in [0.29, 0.717) is 25.7 Å². The molecule has 1 saturated heterocycles. The normalized spacial score (nSPS) is 22.7. The molecule has 1 aliphatic heterocycles. The molecule has 2 radical (unpaired) electrons. The fourth-order valence-corrected chi connectivity index (χ4v) is 2.25. The van der Waals surface area contributed by atoms with E-state index >= 15 is 0 Å². The largest absolute Gasteiger partial charge is 0.378 e. The highest BCUT2D eigenvalue weighted by Gasteiger charge is 2.35. The molecule has 1 heterocycles. The number of rotatable bonds is 7. The molecule has 1 fully saturated rings. The molecule has 5 nitrogen and oxygen atoms in total. The van der Waals surface area contributed by atoms with Gasteiger partial charge in [-0.05, 0) is 6.32 Å². The number of ether oxygens (including phenoxy) is 1. The maximum atomic E-state index is 11.9. The first-order chi connectivity index (χ1) is 8.99. The fraction of sp³-hybridized carbons (Fsp3) is 0.846. The summed E-state index contributed by atoms with van der Waals surface area (Å²) in [6, 6.07) is 0.236. The zero-order valence-electron chi connectivity index (χ0n) is 12.0. The van der Waals surface area contributed by atoms with Crippen LogP contribution in [0.4, 0.5) is 0 Å². The SMILES string of the molecule is [B]CC(=O)N(CC(=O)CC)C1COCC1NC(C)C. The van der Waals surface area contributed by atoms with Crippen molar-refractivity contribution in [2.24, 2.45) is 0 Å². The van der Waals surface area contributed by atoms with E-state index in [4.69, 9.17) is 12.6 Å². The molecule has 2 atom stereocenters. The minimum absolute atomic E-state index is 0.0389. The van der Waals surface area contributed by atoms with Gasteiger partial charge in [-0.25, -0.2) is 0 Å². The zero-order chi connectivity index (χ0) is 14.4. The van der Waals surface area contributed by atoms with Gasteiger partial charge in [0.2, 0.25) is 5.91 Å². The van der Waals surface area contributed by atoms with Gasteiger partial charge in [-0.3, -0.25) is 9.59 Å². The summed E-state index contributed by atoms with van der Waals surface area (Å²) in [5, 5.41) is 3.37. The van der Waals surface area contributed by atoms with E-state index in [1.54, 1.807) is 11.8 Å². The minimum atomic E-state index is -0.201. The van der Waals surface area contributed by atoms with E-state index in [9.17, 15) is 9.59 Å². The summed E-state index contributed by atoms with van der Waals surface area (Å²) in [5.41, 5.74) is 0. The lowest BCUT2D eigenvalue weighted by atomic mass is 10.0. The third kappa shape index (κ3) is 4.62. The van der Waals surface area contributed by atoms with E-state index in [1.807, 2.05) is 13.8 Å². The first-order valence-corrected chi connectivity index (χ1v) is 6.84. The number of Topliss-reactive ketones (excluding diaryl/α,β-unsaturated/α-hetero) is 1. The van der Waals surface area contributed by atoms with Crippen molar-refractivity contribution >= 4 is 19.5 Å². The Morgan fingerprint density at radius 2 is 2.11 bits per heavy atom. The van der Waals surface area contributed by atoms with Crippen molar-refractivity contribution in [1.82, 2.24) is 10.2 Å². The van der Waals surface area contributed by atoms with Crippen molar-refractivity contribution in [3.05, 3.63) is 0 Å². The van der Waals surface area contributed by atoms with Crippen LogP contribution in [-0.2, 0) is 14.3 Å². The third-order valence-electron chi connectivity index (χ3n) is 3.23. The van der Waals surface area contributed by atoms with Crippen LogP contribution in [0.15, 0.2) is 0 Å². The molecule has 0 aliphatic carbocycles. The van der Waals surface area contributed by atoms with Gasteiger partial charge < -0.3 is 15.0 Å². The highest BCUT2D eigenvalue weighted by atomic mass is 16.5. The molecule has 0 saturated carbocycles. The van der Waals surface area contributed by atoms with Crippen molar-refractivity contribution in [3.8, 4) is 0 Å². The topological polar surface area (TPSA) is 58.6 Å². The average Bonchev–Trinajstić information content (AvgIpc) is 2.81. The van der Waals surface area contributed by atoms with Gasteiger partial charge >= 0.3 is 0 Å². The number of amides is 1. The number of nitrogens with zero attached hydrogens (tertiary/aromatic N) is 1. The molecular formula is C13H23BN2O3. The molecule has 0 aromatic carbocycles. The maximum Gasteiger partial charge on any atom is 0.214 e. The third-order valence-corrected chi connectivity index (χ3v) is 3.23. The predicted octanol–water partition coefficient (Wildman–Crippen LogP) is 0.146. The Balaban J connectivity index is 2.77. The molecule has 0 bridgehead atoms. The molecule has 1 N–H and O–H groups in total. The summed E-state index contributed by atoms with van der Waals surface area (Å²) in [4.78, 5) is 25.1. The molecule has 106 valence electrons. The Morgan fingerprint density at radius 3 is 2.63 bits per heavy atom. The van der Waals surface area contributed by atoms with Crippen LogP contribution >= 0.6 is 0 Å². The van der Waals surface area contributed by atoms with Gasteiger partial charge in [-0.1, -0.05) is 20.8 Å². The van der Waals surface area contributed by atoms with Gasteiger partial charge in [0.1, 0.15) is 0 Å². The lowest BCUT2D eigenvalue weighted by Gasteiger charge is -2.32. The summed E-state index contributed by atoms with van der Waals surface area (Å²) < 4.78 is 5.45. The maximum absolute atomic E-state index is 11.9. The highest BCUT2D eigenvalue weighted by Crippen LogP contribution is 2.15. The molecule has 0 aromatic rings. The summed E-state index contributed by atoms with van der Waals surface area (Å²) in [7, 11) is 5.44. The standard InChI is InChI=1S/C13H23BN2O3/c1-4-10(17)6-16(13(18)5-14)12-8-19-7-11(12)15-9(2)3/h9,11-12,15H,4-8H2,1-3H3. The van der Waals surface area contributed by atoms with Crippen LogP contribution in [0, 0.1) is 0 Å². The second kappa shape index (κ2) is 7.65. The summed E-state index contributed by atoms with van der Waals surface area (Å²) in [6.45, 7) is 7.01. The predicted molar refractivity (Wildman–Crippen MR) is 74.2 cm³/mol. The average molecular weight is 266 g/mol. The van der Waals surface area contributed by atoms with Crippen LogP contribution in [0.2, 0.25) is 6.32 Å². The van der Waals surface area contributed by atoms with Crippen molar-refractivity contribution in [1.29, 1.82) is 0 Å². The minimum Gasteiger partial charge on any atom is -0.378 e. The summed E-state index contributed by atoms with van der Waals surface area (Å²) >= 11 is 0. The Bertz CT molecular complexity index is 323. The molecule has 1 amide bonds. The van der Waals surface area contributed by atoms with Crippen LogP contribution < -0.4 is 5.32 Å². The van der Waals surface area contributed by atoms with Gasteiger partial charge in [0, 0.05) is 12.5 Å². The second-order valence-electron chi connectivity index (χ2n) is 5.15. The fourth-order valence-electron chi connectivity index (χ4n) is 2.25. The van der Waals surface area contributed by atoms with Gasteiger partial charge in [0.15, 0.2) is 5.78 Å². The first kappa shape index (κ1) is 16.2. The van der Waals surface area contributed by atoms with Crippen LogP contribution in [0.5, 0.6) is 0 Å². The van der Waals surface area contributed by atoms with Crippen LogP contribution in [0.25, 0.3) is 0 Å². The lowest BCUT2D eigenvalue weighted by Crippen LogP contribution is -2.54. The highest BCUT2D eigenvalue weighted by molar-refractivity contribution is 6.19. The molecule has 1 rings (SSSR count). The zero-order valence-corrected chi connectivity index (χ0v) is 12.0. The summed E-state index contributed by atoms with van der Waals surface area (Å²) in [5.74, 6) is -0.162. The Hall–Kier alpha value is -0.875. The van der Waals surface area contributed by atoms with Crippen LogP contribution in [0.1, 0.15) is 27.2 Å². The number of hydrogen-bond acceptors (Lipinski definition) is 4. The van der Waals surface area contributed by atoms with Gasteiger partial charge in [0.05, 0.1) is 39.7 Å². The smallest absolute Gasteiger partial charge is 0.214 e. The Kier molecular flexibility index (Phi) is 6.52. The van der Waals surface area contributed by atoms with Gasteiger partial charge in [-0.2, -0.15) is 0 Å². The van der Waals surface area contributed by atoms with Crippen molar-refractivity contribution < 1.29 is 14.3 Å². The van der Waals surface area contributed by atoms with E-state index < -0.39 is 0 Å². The molecule has 19 heavy (non-hydrogen) atoms. The van der Waals surface area contributed by atoms with Crippen molar-refractivity contribution in [2.75, 3.05) is 19.8 Å². The molecule has 6 heteroatoms. The molecule has 0 aromatic heterocycles.